The van der Waals surface area contributed by atoms with Gasteiger partial charge in [-0.25, -0.2) is 0 Å². The average Bonchev–Trinajstić information content (AvgIpc) is 2.13. The highest BCUT2D eigenvalue weighted by atomic mass is 127. The molecule has 0 radical (unpaired) electrons. The summed E-state index contributed by atoms with van der Waals surface area (Å²) in [6.45, 7) is 2.78. The first-order valence-corrected chi connectivity index (χ1v) is 5.54. The van der Waals surface area contributed by atoms with Gasteiger partial charge in [-0.1, -0.05) is 29.5 Å². The molecular weight excluding hydrogens is 271 g/mol. The lowest BCUT2D eigenvalue weighted by Gasteiger charge is -2.44. The van der Waals surface area contributed by atoms with Gasteiger partial charge < -0.3 is 14.6 Å². The molecule has 12 heavy (non-hydrogen) atoms. The third kappa shape index (κ3) is 1.38. The van der Waals surface area contributed by atoms with Crippen molar-refractivity contribution in [2.75, 3.05) is 6.61 Å². The highest BCUT2D eigenvalue weighted by Crippen LogP contribution is 2.35. The SMILES string of the molecule is C[C@@H]1[C@@H]2OCC[C@@H](O2)[C@@H](O)[C@H]1I. The molecule has 3 nitrogen and oxygen atoms in total. The molecular formula is C8H13IO3. The molecule has 2 rings (SSSR count). The molecule has 0 aromatic carbocycles. The molecule has 0 spiro atoms. The van der Waals surface area contributed by atoms with E-state index in [0.717, 1.165) is 13.0 Å². The number of aliphatic hydroxyl groups excluding tert-OH is 1. The second-order valence-electron chi connectivity index (χ2n) is 3.50. The van der Waals surface area contributed by atoms with E-state index in [9.17, 15) is 5.11 Å². The zero-order valence-corrected chi connectivity index (χ0v) is 9.10. The van der Waals surface area contributed by atoms with Crippen LogP contribution < -0.4 is 0 Å². The zero-order valence-electron chi connectivity index (χ0n) is 6.94. The van der Waals surface area contributed by atoms with Crippen LogP contribution in [0.1, 0.15) is 13.3 Å². The topological polar surface area (TPSA) is 38.7 Å². The quantitative estimate of drug-likeness (QED) is 0.531. The van der Waals surface area contributed by atoms with Gasteiger partial charge in [-0.05, 0) is 6.42 Å². The Balaban J connectivity index is 2.13. The van der Waals surface area contributed by atoms with Crippen LogP contribution in [0.4, 0.5) is 0 Å². The minimum absolute atomic E-state index is 0.00171. The van der Waals surface area contributed by atoms with Gasteiger partial charge in [0.1, 0.15) is 0 Å². The predicted molar refractivity (Wildman–Crippen MR) is 52.2 cm³/mol. The molecule has 2 fully saturated rings. The van der Waals surface area contributed by atoms with Gasteiger partial charge in [0, 0.05) is 9.84 Å². The number of aliphatic hydroxyl groups is 1. The number of hydrogen-bond donors (Lipinski definition) is 1. The van der Waals surface area contributed by atoms with E-state index in [1.54, 1.807) is 0 Å². The third-order valence-corrected chi connectivity index (χ3v) is 4.50. The summed E-state index contributed by atoms with van der Waals surface area (Å²) in [6, 6.07) is 0. The molecule has 70 valence electrons. The fourth-order valence-corrected chi connectivity index (χ4v) is 2.58. The van der Waals surface area contributed by atoms with E-state index in [0.29, 0.717) is 0 Å². The molecule has 2 heterocycles. The Morgan fingerprint density at radius 3 is 3.00 bits per heavy atom. The predicted octanol–water partition coefficient (Wildman–Crippen LogP) is 0.932. The lowest BCUT2D eigenvalue weighted by Crippen LogP contribution is -2.54. The minimum Gasteiger partial charge on any atom is -0.389 e. The van der Waals surface area contributed by atoms with Gasteiger partial charge in [0.25, 0.3) is 0 Å². The summed E-state index contributed by atoms with van der Waals surface area (Å²) >= 11 is 2.29. The molecule has 1 N–H and O–H groups in total. The molecule has 4 heteroatoms. The van der Waals surface area contributed by atoms with Crippen molar-refractivity contribution in [3.8, 4) is 0 Å². The Kier molecular flexibility index (Phi) is 2.60. The van der Waals surface area contributed by atoms with Crippen molar-refractivity contribution in [2.24, 2.45) is 5.92 Å². The smallest absolute Gasteiger partial charge is 0.161 e. The fraction of sp³-hybridized carbons (Fsp3) is 1.00. The molecule has 0 amide bonds. The third-order valence-electron chi connectivity index (χ3n) is 2.63. The van der Waals surface area contributed by atoms with E-state index in [1.165, 1.54) is 0 Å². The van der Waals surface area contributed by atoms with Crippen molar-refractivity contribution >= 4 is 22.6 Å². The average molecular weight is 284 g/mol. The number of hydrogen-bond acceptors (Lipinski definition) is 3. The lowest BCUT2D eigenvalue weighted by molar-refractivity contribution is -0.276. The Morgan fingerprint density at radius 1 is 1.50 bits per heavy atom. The second-order valence-corrected chi connectivity index (χ2v) is 4.93. The molecule has 2 bridgehead atoms. The van der Waals surface area contributed by atoms with Crippen LogP contribution >= 0.6 is 22.6 Å². The maximum Gasteiger partial charge on any atom is 0.161 e. The Labute approximate surface area is 85.6 Å². The van der Waals surface area contributed by atoms with Crippen molar-refractivity contribution in [3.05, 3.63) is 0 Å². The summed E-state index contributed by atoms with van der Waals surface area (Å²) in [4.78, 5) is 0. The van der Waals surface area contributed by atoms with Crippen molar-refractivity contribution in [3.63, 3.8) is 0 Å². The van der Waals surface area contributed by atoms with Crippen molar-refractivity contribution < 1.29 is 14.6 Å². The van der Waals surface area contributed by atoms with Gasteiger partial charge >= 0.3 is 0 Å². The number of halogens is 1. The Bertz CT molecular complexity index is 147. The number of rotatable bonds is 0. The first kappa shape index (κ1) is 9.18. The fourth-order valence-electron chi connectivity index (χ4n) is 1.77. The van der Waals surface area contributed by atoms with Crippen LogP contribution in [0, 0.1) is 5.92 Å². The molecule has 2 saturated heterocycles. The molecule has 0 aromatic rings. The van der Waals surface area contributed by atoms with E-state index in [1.807, 2.05) is 0 Å². The van der Waals surface area contributed by atoms with Crippen LogP contribution in [0.3, 0.4) is 0 Å². The van der Waals surface area contributed by atoms with E-state index < -0.39 is 0 Å². The molecule has 2 aliphatic rings. The first-order valence-electron chi connectivity index (χ1n) is 4.29. The van der Waals surface area contributed by atoms with Crippen LogP contribution in [0.25, 0.3) is 0 Å². The summed E-state index contributed by atoms with van der Waals surface area (Å²) in [5.74, 6) is 0.289. The summed E-state index contributed by atoms with van der Waals surface area (Å²) < 4.78 is 11.2. The maximum absolute atomic E-state index is 9.77. The molecule has 5 atom stereocenters. The molecule has 0 aromatic heterocycles. The highest BCUT2D eigenvalue weighted by molar-refractivity contribution is 14.1. The first-order chi connectivity index (χ1) is 5.70. The summed E-state index contributed by atoms with van der Waals surface area (Å²) in [6.07, 6.45) is 0.417. The lowest BCUT2D eigenvalue weighted by atomic mass is 9.93. The summed E-state index contributed by atoms with van der Waals surface area (Å²) in [7, 11) is 0. The van der Waals surface area contributed by atoms with Crippen LogP contribution in [0.5, 0.6) is 0 Å². The zero-order chi connectivity index (χ0) is 8.72. The van der Waals surface area contributed by atoms with Gasteiger partial charge in [-0.3, -0.25) is 0 Å². The molecule has 0 unspecified atom stereocenters. The highest BCUT2D eigenvalue weighted by Gasteiger charge is 2.44. The van der Waals surface area contributed by atoms with E-state index in [2.05, 4.69) is 29.5 Å². The monoisotopic (exact) mass is 284 g/mol. The van der Waals surface area contributed by atoms with Crippen LogP contribution in [-0.2, 0) is 9.47 Å². The van der Waals surface area contributed by atoms with Crippen molar-refractivity contribution in [2.45, 2.75) is 35.8 Å². The van der Waals surface area contributed by atoms with E-state index >= 15 is 0 Å². The minimum atomic E-state index is -0.319. The van der Waals surface area contributed by atoms with Crippen molar-refractivity contribution in [1.82, 2.24) is 0 Å². The Hall–Kier alpha value is 0.610. The second kappa shape index (κ2) is 3.40. The number of alkyl halides is 1. The number of ether oxygens (including phenoxy) is 2. The van der Waals surface area contributed by atoms with Crippen LogP contribution in [0.15, 0.2) is 0 Å². The summed E-state index contributed by atoms with van der Waals surface area (Å²) in [5.41, 5.74) is 0. The van der Waals surface area contributed by atoms with Gasteiger partial charge in [-0.15, -0.1) is 0 Å². The molecule has 0 aliphatic carbocycles. The maximum atomic E-state index is 9.77. The van der Waals surface area contributed by atoms with Gasteiger partial charge in [0.05, 0.1) is 18.8 Å². The molecule has 0 saturated carbocycles. The largest absolute Gasteiger partial charge is 0.389 e. The van der Waals surface area contributed by atoms with Gasteiger partial charge in [-0.2, -0.15) is 0 Å². The standard InChI is InChI=1S/C8H13IO3/c1-4-6(9)7(10)5-2-3-11-8(4)12-5/h4-8,10H,2-3H2,1H3/t4-,5+,6-,7+,8+/m0/s1. The normalized spacial score (nSPS) is 53.8. The van der Waals surface area contributed by atoms with E-state index in [4.69, 9.17) is 9.47 Å². The number of fused-ring (bicyclic) bond motifs is 2. The molecule has 2 aliphatic heterocycles. The van der Waals surface area contributed by atoms with Crippen molar-refractivity contribution in [1.29, 1.82) is 0 Å². The van der Waals surface area contributed by atoms with Crippen LogP contribution in [0.2, 0.25) is 0 Å². The van der Waals surface area contributed by atoms with Gasteiger partial charge in [0.2, 0.25) is 0 Å². The van der Waals surface area contributed by atoms with E-state index in [-0.39, 0.29) is 28.3 Å². The van der Waals surface area contributed by atoms with Gasteiger partial charge in [0.15, 0.2) is 6.29 Å². The Morgan fingerprint density at radius 2 is 2.25 bits per heavy atom. The van der Waals surface area contributed by atoms with Crippen LogP contribution in [-0.4, -0.2) is 34.1 Å². The summed E-state index contributed by atoms with van der Waals surface area (Å²) in [5, 5.41) is 9.77.